The lowest BCUT2D eigenvalue weighted by atomic mass is 10.2. The highest BCUT2D eigenvalue weighted by Crippen LogP contribution is 2.08. The molecule has 0 aliphatic heterocycles. The van der Waals surface area contributed by atoms with E-state index in [1.54, 1.807) is 20.8 Å². The summed E-state index contributed by atoms with van der Waals surface area (Å²) in [5.41, 5.74) is -0.793. The third-order valence-electron chi connectivity index (χ3n) is 1.74. The molecule has 0 amide bonds. The molecular weight excluding hydrogens is 262 g/mol. The number of nitrogens with zero attached hydrogens (tertiary/aromatic N) is 1. The van der Waals surface area contributed by atoms with Crippen LogP contribution < -0.4 is 5.11 Å². The summed E-state index contributed by atoms with van der Waals surface area (Å²) < 4.78 is 35.0. The minimum absolute atomic E-state index is 0.00643. The second-order valence-corrected chi connectivity index (χ2v) is 6.19. The van der Waals surface area contributed by atoms with Gasteiger partial charge in [0.25, 0.3) is 10.1 Å². The average molecular weight is 280 g/mol. The molecule has 0 rings (SSSR count). The highest BCUT2D eigenvalue weighted by molar-refractivity contribution is 7.85. The van der Waals surface area contributed by atoms with Crippen molar-refractivity contribution in [1.29, 1.82) is 0 Å². The van der Waals surface area contributed by atoms with Crippen LogP contribution in [-0.2, 0) is 19.6 Å². The lowest BCUT2D eigenvalue weighted by Gasteiger charge is -2.30. The predicted molar refractivity (Wildman–Crippen MR) is 63.8 cm³/mol. The minimum Gasteiger partial charge on any atom is -0.595 e. The minimum atomic E-state index is -4.39. The van der Waals surface area contributed by atoms with Crippen molar-refractivity contribution in [1.82, 2.24) is 0 Å². The predicted octanol–water partition coefficient (Wildman–Crippen LogP) is -0.247. The monoisotopic (exact) mass is 280 g/mol. The van der Waals surface area contributed by atoms with Gasteiger partial charge in [0.05, 0.1) is 0 Å². The summed E-state index contributed by atoms with van der Waals surface area (Å²) in [6, 6.07) is -1.43. The summed E-state index contributed by atoms with van der Waals surface area (Å²) in [6.07, 6.45) is -1.02. The molecule has 0 aliphatic carbocycles. The maximum atomic E-state index is 11.4. The van der Waals surface area contributed by atoms with Gasteiger partial charge in [-0.25, -0.2) is 0 Å². The molecule has 0 bridgehead atoms. The molecule has 1 atom stereocenters. The van der Waals surface area contributed by atoms with E-state index >= 15 is 0 Å². The second kappa shape index (κ2) is 6.14. The number of hydrogen-bond donors (Lipinski definition) is 1. The van der Waals surface area contributed by atoms with Crippen molar-refractivity contribution < 1.29 is 27.6 Å². The lowest BCUT2D eigenvalue weighted by molar-refractivity contribution is -0.260. The Kier molecular flexibility index (Phi) is 5.75. The van der Waals surface area contributed by atoms with Crippen LogP contribution in [0.2, 0.25) is 0 Å². The van der Waals surface area contributed by atoms with E-state index < -0.39 is 39.4 Å². The zero-order valence-corrected chi connectivity index (χ0v) is 11.7. The van der Waals surface area contributed by atoms with Crippen LogP contribution in [-0.4, -0.2) is 42.2 Å². The molecule has 0 aromatic carbocycles. The van der Waals surface area contributed by atoms with Crippen molar-refractivity contribution in [3.8, 4) is 0 Å². The molecule has 1 unspecified atom stereocenters. The molecular formula is C10H18NO6S-. The van der Waals surface area contributed by atoms with E-state index in [9.17, 15) is 18.3 Å². The van der Waals surface area contributed by atoms with Crippen molar-refractivity contribution in [2.45, 2.75) is 45.8 Å². The van der Waals surface area contributed by atoms with E-state index in [0.717, 1.165) is 0 Å². The third-order valence-corrected chi connectivity index (χ3v) is 2.48. The first-order valence-electron chi connectivity index (χ1n) is 5.36. The molecule has 0 radical (unpaired) electrons. The van der Waals surface area contributed by atoms with Gasteiger partial charge in [-0.1, -0.05) is 27.7 Å². The fourth-order valence-electron chi connectivity index (χ4n) is 1.05. The van der Waals surface area contributed by atoms with Crippen LogP contribution in [0.3, 0.4) is 0 Å². The molecule has 106 valence electrons. The Hall–Kier alpha value is -1.15. The number of Topliss-reactive ketones (excluding diaryl/α,β-unsaturated/α-hetero) is 1. The van der Waals surface area contributed by atoms with E-state index in [1.165, 1.54) is 6.92 Å². The van der Waals surface area contributed by atoms with E-state index in [-0.39, 0.29) is 6.42 Å². The van der Waals surface area contributed by atoms with Crippen molar-refractivity contribution in [2.24, 2.45) is 4.99 Å². The highest BCUT2D eigenvalue weighted by Gasteiger charge is 2.22. The number of carbonyl (C=O) groups is 1. The number of ketones is 1. The smallest absolute Gasteiger partial charge is 0.267 e. The van der Waals surface area contributed by atoms with Crippen LogP contribution in [0.15, 0.2) is 4.99 Å². The summed E-state index contributed by atoms with van der Waals surface area (Å²) >= 11 is 0. The molecule has 18 heavy (non-hydrogen) atoms. The van der Waals surface area contributed by atoms with Gasteiger partial charge in [0, 0.05) is 12.0 Å². The largest absolute Gasteiger partial charge is 0.595 e. The first-order chi connectivity index (χ1) is 7.94. The topological polar surface area (TPSA) is 116 Å². The Labute approximate surface area is 107 Å². The van der Waals surface area contributed by atoms with E-state index in [2.05, 4.69) is 4.99 Å². The Balaban J connectivity index is 5.00. The average Bonchev–Trinajstić information content (AvgIpc) is 2.10. The van der Waals surface area contributed by atoms with Gasteiger partial charge >= 0.3 is 0 Å². The van der Waals surface area contributed by atoms with Crippen molar-refractivity contribution in [3.05, 3.63) is 0 Å². The van der Waals surface area contributed by atoms with Crippen molar-refractivity contribution >= 4 is 22.0 Å². The van der Waals surface area contributed by atoms with E-state index in [1.807, 2.05) is 0 Å². The number of rotatable bonds is 5. The molecule has 0 aromatic rings. The fraction of sp³-hybridized carbons (Fsp3) is 0.800. The molecule has 1 N–H and O–H groups in total. The number of carbonyl (C=O) groups excluding carboxylic acids is 1. The zero-order valence-electron chi connectivity index (χ0n) is 10.8. The van der Waals surface area contributed by atoms with Crippen LogP contribution >= 0.6 is 0 Å². The number of hydrogen-bond acceptors (Lipinski definition) is 6. The van der Waals surface area contributed by atoms with Crippen molar-refractivity contribution in [3.63, 3.8) is 0 Å². The zero-order chi connectivity index (χ0) is 14.6. The van der Waals surface area contributed by atoms with Gasteiger partial charge in [-0.15, -0.1) is 0 Å². The molecule has 0 fully saturated rings. The first kappa shape index (κ1) is 16.9. The highest BCUT2D eigenvalue weighted by atomic mass is 32.2. The first-order valence-corrected chi connectivity index (χ1v) is 6.97. The van der Waals surface area contributed by atoms with Crippen LogP contribution in [0, 0.1) is 0 Å². The molecule has 0 aliphatic rings. The Morgan fingerprint density at radius 1 is 1.44 bits per heavy atom. The van der Waals surface area contributed by atoms with Gasteiger partial charge in [-0.2, -0.15) is 8.42 Å². The molecule has 7 nitrogen and oxygen atoms in total. The molecule has 0 aromatic heterocycles. The maximum Gasteiger partial charge on any atom is 0.267 e. The standard InChI is InChI=1S/C10H19NO6S/c1-5-8(12)7(6-18(14,15)16)11-9(13)17-10(2,3)4/h7H,5-6H2,1-4H3,(H,11,13)(H,14,15,16)/p-1. The summed E-state index contributed by atoms with van der Waals surface area (Å²) in [5, 5.41) is 11.4. The molecule has 8 heteroatoms. The molecule has 0 saturated carbocycles. The van der Waals surface area contributed by atoms with Gasteiger partial charge in [0.15, 0.2) is 5.78 Å². The number of ether oxygens (including phenoxy) is 1. The summed E-state index contributed by atoms with van der Waals surface area (Å²) in [7, 11) is -4.39. The molecule has 0 heterocycles. The molecule has 0 saturated heterocycles. The maximum absolute atomic E-state index is 11.4. The van der Waals surface area contributed by atoms with E-state index in [4.69, 9.17) is 9.29 Å². The van der Waals surface area contributed by atoms with Crippen LogP contribution in [0.4, 0.5) is 0 Å². The summed E-state index contributed by atoms with van der Waals surface area (Å²) in [5.74, 6) is -1.47. The summed E-state index contributed by atoms with van der Waals surface area (Å²) in [4.78, 5) is 14.8. The number of aliphatic imine (C=N–C) groups is 1. The Morgan fingerprint density at radius 2 is 1.94 bits per heavy atom. The van der Waals surface area contributed by atoms with Crippen LogP contribution in [0.5, 0.6) is 0 Å². The van der Waals surface area contributed by atoms with Gasteiger partial charge < -0.3 is 9.84 Å². The lowest BCUT2D eigenvalue weighted by Crippen LogP contribution is -2.36. The second-order valence-electron chi connectivity index (χ2n) is 4.69. The van der Waals surface area contributed by atoms with Gasteiger partial charge in [-0.05, 0) is 0 Å². The van der Waals surface area contributed by atoms with E-state index in [0.29, 0.717) is 0 Å². The Morgan fingerprint density at radius 3 is 2.28 bits per heavy atom. The normalized spacial score (nSPS) is 15.3. The summed E-state index contributed by atoms with van der Waals surface area (Å²) in [6.45, 7) is 6.34. The quantitative estimate of drug-likeness (QED) is 0.422. The van der Waals surface area contributed by atoms with Gasteiger partial charge in [0.1, 0.15) is 17.9 Å². The van der Waals surface area contributed by atoms with Crippen LogP contribution in [0.25, 0.3) is 0 Å². The van der Waals surface area contributed by atoms with Crippen LogP contribution in [0.1, 0.15) is 34.1 Å². The third kappa shape index (κ3) is 8.02. The van der Waals surface area contributed by atoms with Gasteiger partial charge in [0.2, 0.25) is 0 Å². The Bertz CT molecular complexity index is 420. The SMILES string of the molecule is CCC(=O)C(CS(=O)(=O)O)N=C([O-])OC(C)(C)C. The van der Waals surface area contributed by atoms with Crippen molar-refractivity contribution in [2.75, 3.05) is 5.75 Å². The van der Waals surface area contributed by atoms with Gasteiger partial charge in [-0.3, -0.25) is 14.3 Å². The fourth-order valence-corrected chi connectivity index (χ4v) is 1.71. The molecule has 0 spiro atoms.